The van der Waals surface area contributed by atoms with E-state index in [0.717, 1.165) is 31.2 Å². The van der Waals surface area contributed by atoms with E-state index in [9.17, 15) is 4.79 Å². The Morgan fingerprint density at radius 3 is 2.83 bits per heavy atom. The number of nitrogens with one attached hydrogen (secondary N) is 2. The molecule has 5 nitrogen and oxygen atoms in total. The van der Waals surface area contributed by atoms with E-state index in [4.69, 9.17) is 0 Å². The molecule has 0 radical (unpaired) electrons. The topological polar surface area (TPSA) is 61.0 Å². The highest BCUT2D eigenvalue weighted by molar-refractivity contribution is 5.76. The molecule has 3 aliphatic rings. The van der Waals surface area contributed by atoms with Crippen molar-refractivity contribution >= 4 is 5.91 Å². The number of likely N-dealkylation sites (tertiary alicyclic amines) is 1. The zero-order chi connectivity index (χ0) is 16.4. The van der Waals surface area contributed by atoms with Crippen LogP contribution in [0.5, 0.6) is 0 Å². The molecule has 1 aromatic rings. The fourth-order valence-electron chi connectivity index (χ4n) is 4.40. The first kappa shape index (κ1) is 16.1. The van der Waals surface area contributed by atoms with Crippen LogP contribution >= 0.6 is 0 Å². The second-order valence-electron chi connectivity index (χ2n) is 8.15. The minimum atomic E-state index is 0.236. The van der Waals surface area contributed by atoms with Crippen LogP contribution in [0.4, 0.5) is 0 Å². The summed E-state index contributed by atoms with van der Waals surface area (Å²) < 4.78 is 0. The second-order valence-corrected chi connectivity index (χ2v) is 8.15. The number of aromatic amines is 1. The molecule has 1 aromatic heterocycles. The maximum atomic E-state index is 12.4. The summed E-state index contributed by atoms with van der Waals surface area (Å²) in [6, 6.07) is 0.388. The average Bonchev–Trinajstić information content (AvgIpc) is 3.08. The predicted octanol–water partition coefficient (Wildman–Crippen LogP) is 2.36. The lowest BCUT2D eigenvalue weighted by atomic mass is 9.85. The zero-order valence-corrected chi connectivity index (χ0v) is 14.5. The van der Waals surface area contributed by atoms with Crippen LogP contribution < -0.4 is 5.32 Å². The SMILES string of the molecule is O=C(CCCc1cn[nH]c1)N[C@@H]1CN(CC2CCC2)C[C@H]1C1CC1. The highest BCUT2D eigenvalue weighted by Crippen LogP contribution is 2.42. The first-order valence-corrected chi connectivity index (χ1v) is 9.77. The molecule has 2 heterocycles. The predicted molar refractivity (Wildman–Crippen MR) is 93.5 cm³/mol. The molecule has 132 valence electrons. The molecule has 3 fully saturated rings. The Balaban J connectivity index is 1.23. The molecule has 2 N–H and O–H groups in total. The van der Waals surface area contributed by atoms with E-state index in [1.54, 1.807) is 0 Å². The first-order valence-electron chi connectivity index (χ1n) is 9.77. The van der Waals surface area contributed by atoms with E-state index in [1.807, 2.05) is 12.4 Å². The van der Waals surface area contributed by atoms with Gasteiger partial charge in [0, 0.05) is 38.3 Å². The van der Waals surface area contributed by atoms with Crippen LogP contribution in [0.1, 0.15) is 50.5 Å². The molecule has 1 saturated heterocycles. The van der Waals surface area contributed by atoms with E-state index in [0.29, 0.717) is 18.4 Å². The summed E-state index contributed by atoms with van der Waals surface area (Å²) in [4.78, 5) is 15.0. The summed E-state index contributed by atoms with van der Waals surface area (Å²) in [5, 5.41) is 10.1. The van der Waals surface area contributed by atoms with Gasteiger partial charge in [0.15, 0.2) is 0 Å². The van der Waals surface area contributed by atoms with Gasteiger partial charge in [-0.3, -0.25) is 9.89 Å². The summed E-state index contributed by atoms with van der Waals surface area (Å²) in [6.45, 7) is 3.54. The molecular weight excluding hydrogens is 300 g/mol. The van der Waals surface area contributed by atoms with Crippen molar-refractivity contribution in [3.8, 4) is 0 Å². The molecule has 5 heteroatoms. The first-order chi connectivity index (χ1) is 11.8. The van der Waals surface area contributed by atoms with Crippen LogP contribution in [0.3, 0.4) is 0 Å². The maximum Gasteiger partial charge on any atom is 0.220 e. The number of rotatable bonds is 8. The minimum absolute atomic E-state index is 0.236. The fourth-order valence-corrected chi connectivity index (χ4v) is 4.40. The smallest absolute Gasteiger partial charge is 0.220 e. The molecule has 0 unspecified atom stereocenters. The molecule has 0 aromatic carbocycles. The molecule has 24 heavy (non-hydrogen) atoms. The van der Waals surface area contributed by atoms with Gasteiger partial charge >= 0.3 is 0 Å². The second kappa shape index (κ2) is 7.26. The Labute approximate surface area is 144 Å². The van der Waals surface area contributed by atoms with E-state index in [1.165, 1.54) is 50.8 Å². The van der Waals surface area contributed by atoms with E-state index in [-0.39, 0.29) is 5.91 Å². The summed E-state index contributed by atoms with van der Waals surface area (Å²) in [7, 11) is 0. The van der Waals surface area contributed by atoms with Crippen molar-refractivity contribution in [1.82, 2.24) is 20.4 Å². The van der Waals surface area contributed by atoms with Gasteiger partial charge in [-0.05, 0) is 61.8 Å². The van der Waals surface area contributed by atoms with Gasteiger partial charge in [0.05, 0.1) is 6.20 Å². The number of aromatic nitrogens is 2. The molecule has 2 aliphatic carbocycles. The molecule has 4 rings (SSSR count). The largest absolute Gasteiger partial charge is 0.352 e. The highest BCUT2D eigenvalue weighted by Gasteiger charge is 2.43. The van der Waals surface area contributed by atoms with Crippen molar-refractivity contribution in [3.05, 3.63) is 18.0 Å². The Kier molecular flexibility index (Phi) is 4.88. The molecular formula is C19H30N4O. The van der Waals surface area contributed by atoms with Crippen LogP contribution in [0.25, 0.3) is 0 Å². The monoisotopic (exact) mass is 330 g/mol. The average molecular weight is 330 g/mol. The van der Waals surface area contributed by atoms with E-state index in [2.05, 4.69) is 20.4 Å². The van der Waals surface area contributed by atoms with Crippen molar-refractivity contribution in [1.29, 1.82) is 0 Å². The number of amides is 1. The van der Waals surface area contributed by atoms with Gasteiger partial charge in [0.1, 0.15) is 0 Å². The molecule has 1 amide bonds. The molecule has 1 aliphatic heterocycles. The van der Waals surface area contributed by atoms with Gasteiger partial charge in [-0.1, -0.05) is 6.42 Å². The number of nitrogens with zero attached hydrogens (tertiary/aromatic N) is 2. The Morgan fingerprint density at radius 1 is 1.29 bits per heavy atom. The lowest BCUT2D eigenvalue weighted by molar-refractivity contribution is -0.122. The molecule has 2 saturated carbocycles. The van der Waals surface area contributed by atoms with Crippen LogP contribution in [0, 0.1) is 17.8 Å². The number of H-pyrrole nitrogens is 1. The van der Waals surface area contributed by atoms with Crippen LogP contribution in [-0.4, -0.2) is 46.7 Å². The Hall–Kier alpha value is -1.36. The maximum absolute atomic E-state index is 12.4. The lowest BCUT2D eigenvalue weighted by Crippen LogP contribution is -2.41. The summed E-state index contributed by atoms with van der Waals surface area (Å²) in [5.74, 6) is 2.73. The molecule has 0 bridgehead atoms. The van der Waals surface area contributed by atoms with Crippen LogP contribution in [0.2, 0.25) is 0 Å². The van der Waals surface area contributed by atoms with Gasteiger partial charge in [-0.2, -0.15) is 5.10 Å². The third-order valence-electron chi connectivity index (χ3n) is 6.18. The fraction of sp³-hybridized carbons (Fsp3) is 0.789. The van der Waals surface area contributed by atoms with Gasteiger partial charge in [-0.15, -0.1) is 0 Å². The summed E-state index contributed by atoms with van der Waals surface area (Å²) in [6.07, 6.45) is 13.2. The third-order valence-corrected chi connectivity index (χ3v) is 6.18. The minimum Gasteiger partial charge on any atom is -0.352 e. The zero-order valence-electron chi connectivity index (χ0n) is 14.5. The summed E-state index contributed by atoms with van der Waals surface area (Å²) in [5.41, 5.74) is 1.19. The third kappa shape index (κ3) is 4.00. The molecule has 0 spiro atoms. The number of aryl methyl sites for hydroxylation is 1. The lowest BCUT2D eigenvalue weighted by Gasteiger charge is -2.30. The Bertz CT molecular complexity index is 536. The van der Waals surface area contributed by atoms with E-state index < -0.39 is 0 Å². The van der Waals surface area contributed by atoms with Crippen LogP contribution in [-0.2, 0) is 11.2 Å². The number of carbonyl (C=O) groups is 1. The van der Waals surface area contributed by atoms with Gasteiger partial charge < -0.3 is 10.2 Å². The normalized spacial score (nSPS) is 28.0. The van der Waals surface area contributed by atoms with E-state index >= 15 is 0 Å². The van der Waals surface area contributed by atoms with Crippen molar-refractivity contribution in [3.63, 3.8) is 0 Å². The summed E-state index contributed by atoms with van der Waals surface area (Å²) >= 11 is 0. The number of carbonyl (C=O) groups excluding carboxylic acids is 1. The van der Waals surface area contributed by atoms with Gasteiger partial charge in [-0.25, -0.2) is 0 Å². The van der Waals surface area contributed by atoms with Gasteiger partial charge in [0.25, 0.3) is 0 Å². The van der Waals surface area contributed by atoms with Crippen LogP contribution in [0.15, 0.2) is 12.4 Å². The van der Waals surface area contributed by atoms with Crippen molar-refractivity contribution in [2.75, 3.05) is 19.6 Å². The standard InChI is InChI=1S/C19H30N4O/c24-19(6-2-5-15-9-20-21-10-15)22-18-13-23(11-14-3-1-4-14)12-17(18)16-7-8-16/h9-10,14,16-18H,1-8,11-13H2,(H,20,21)(H,22,24)/t17-,18+/m0/s1. The Morgan fingerprint density at radius 2 is 2.17 bits per heavy atom. The van der Waals surface area contributed by atoms with Crippen molar-refractivity contribution in [2.45, 2.75) is 57.4 Å². The molecule has 2 atom stereocenters. The number of hydrogen-bond acceptors (Lipinski definition) is 3. The quantitative estimate of drug-likeness (QED) is 0.769. The highest BCUT2D eigenvalue weighted by atomic mass is 16.1. The number of hydrogen-bond donors (Lipinski definition) is 2. The van der Waals surface area contributed by atoms with Gasteiger partial charge in [0.2, 0.25) is 5.91 Å². The van der Waals surface area contributed by atoms with Crippen molar-refractivity contribution < 1.29 is 4.79 Å². The van der Waals surface area contributed by atoms with Crippen molar-refractivity contribution in [2.24, 2.45) is 17.8 Å².